The second-order valence-electron chi connectivity index (χ2n) is 2.49. The summed E-state index contributed by atoms with van der Waals surface area (Å²) in [4.78, 5) is 0. The molecule has 0 aliphatic carbocycles. The molecule has 0 unspecified atom stereocenters. The van der Waals surface area contributed by atoms with E-state index >= 15 is 0 Å². The van der Waals surface area contributed by atoms with E-state index in [0.29, 0.717) is 5.02 Å². The Morgan fingerprint density at radius 3 is 2.38 bits per heavy atom. The van der Waals surface area contributed by atoms with Crippen LogP contribution < -0.4 is 0 Å². The molecule has 1 aromatic carbocycles. The van der Waals surface area contributed by atoms with E-state index in [1.54, 1.807) is 6.07 Å². The molecular weight excluding hydrogens is 187 g/mol. The van der Waals surface area contributed by atoms with E-state index in [0.717, 1.165) is 18.4 Å². The van der Waals surface area contributed by atoms with Crippen LogP contribution in [0.25, 0.3) is 0 Å². The van der Waals surface area contributed by atoms with Gasteiger partial charge in [0.25, 0.3) is 0 Å². The summed E-state index contributed by atoms with van der Waals surface area (Å²) in [5, 5.41) is 0.534. The summed E-state index contributed by atoms with van der Waals surface area (Å²) >= 11 is 5.77. The molecule has 74 valence electrons. The Balaban J connectivity index is 0.000000671. The van der Waals surface area contributed by atoms with Gasteiger partial charge in [-0.2, -0.15) is 0 Å². The first kappa shape index (κ1) is 12.4. The van der Waals surface area contributed by atoms with Gasteiger partial charge in [0.05, 0.1) is 0 Å². The van der Waals surface area contributed by atoms with E-state index in [2.05, 4.69) is 6.92 Å². The Hall–Kier alpha value is -0.560. The molecule has 2 heteroatoms. The van der Waals surface area contributed by atoms with Gasteiger partial charge >= 0.3 is 0 Å². The van der Waals surface area contributed by atoms with Crippen LogP contribution in [0.15, 0.2) is 18.2 Å². The van der Waals surface area contributed by atoms with E-state index in [1.165, 1.54) is 12.1 Å². The number of halogens is 2. The fraction of sp³-hybridized carbons (Fsp3) is 0.455. The highest BCUT2D eigenvalue weighted by atomic mass is 35.5. The van der Waals surface area contributed by atoms with Crippen molar-refractivity contribution in [3.63, 3.8) is 0 Å². The zero-order chi connectivity index (χ0) is 10.3. The van der Waals surface area contributed by atoms with Crippen molar-refractivity contribution in [1.82, 2.24) is 0 Å². The minimum Gasteiger partial charge on any atom is -0.207 e. The van der Waals surface area contributed by atoms with Gasteiger partial charge in [-0.15, -0.1) is 0 Å². The van der Waals surface area contributed by atoms with Crippen LogP contribution in [0, 0.1) is 5.82 Å². The SMILES string of the molecule is CC.CCCc1ccc(F)cc1Cl. The molecule has 0 nitrogen and oxygen atoms in total. The minimum atomic E-state index is -0.269. The summed E-state index contributed by atoms with van der Waals surface area (Å²) in [5.74, 6) is -0.269. The molecule has 0 saturated carbocycles. The predicted molar refractivity (Wildman–Crippen MR) is 56.8 cm³/mol. The van der Waals surface area contributed by atoms with Crippen LogP contribution >= 0.6 is 11.6 Å². The van der Waals surface area contributed by atoms with Crippen molar-refractivity contribution in [2.75, 3.05) is 0 Å². The summed E-state index contributed by atoms with van der Waals surface area (Å²) in [7, 11) is 0. The number of hydrogen-bond acceptors (Lipinski definition) is 0. The molecule has 1 aromatic rings. The molecule has 0 amide bonds. The molecule has 0 spiro atoms. The molecule has 13 heavy (non-hydrogen) atoms. The normalized spacial score (nSPS) is 9.00. The van der Waals surface area contributed by atoms with Gasteiger partial charge in [-0.05, 0) is 24.1 Å². The number of benzene rings is 1. The lowest BCUT2D eigenvalue weighted by molar-refractivity contribution is 0.627. The lowest BCUT2D eigenvalue weighted by atomic mass is 10.1. The van der Waals surface area contributed by atoms with Gasteiger partial charge in [-0.25, -0.2) is 4.39 Å². The molecule has 0 saturated heterocycles. The van der Waals surface area contributed by atoms with Crippen molar-refractivity contribution in [2.45, 2.75) is 33.6 Å². The van der Waals surface area contributed by atoms with Gasteiger partial charge in [-0.3, -0.25) is 0 Å². The highest BCUT2D eigenvalue weighted by molar-refractivity contribution is 6.31. The van der Waals surface area contributed by atoms with Gasteiger partial charge in [0, 0.05) is 5.02 Å². The summed E-state index contributed by atoms with van der Waals surface area (Å²) in [6.07, 6.45) is 1.95. The van der Waals surface area contributed by atoms with E-state index in [4.69, 9.17) is 11.6 Å². The molecule has 0 aromatic heterocycles. The molecule has 0 N–H and O–H groups in total. The smallest absolute Gasteiger partial charge is 0.124 e. The Kier molecular flexibility index (Phi) is 6.61. The molecular formula is C11H16ClF. The van der Waals surface area contributed by atoms with Crippen LogP contribution in [0.3, 0.4) is 0 Å². The van der Waals surface area contributed by atoms with Gasteiger partial charge in [-0.1, -0.05) is 44.9 Å². The Labute approximate surface area is 84.7 Å². The predicted octanol–water partition coefficient (Wildman–Crippen LogP) is 4.46. The first-order chi connectivity index (χ1) is 6.24. The molecule has 0 radical (unpaired) electrons. The van der Waals surface area contributed by atoms with Gasteiger partial charge in [0.2, 0.25) is 0 Å². The molecule has 1 rings (SSSR count). The first-order valence-electron chi connectivity index (χ1n) is 4.68. The molecule has 0 aliphatic rings. The lowest BCUT2D eigenvalue weighted by Crippen LogP contribution is -1.85. The van der Waals surface area contributed by atoms with Crippen LogP contribution in [0.5, 0.6) is 0 Å². The van der Waals surface area contributed by atoms with Crippen molar-refractivity contribution >= 4 is 11.6 Å². The summed E-state index contributed by atoms with van der Waals surface area (Å²) < 4.78 is 12.5. The van der Waals surface area contributed by atoms with Crippen LogP contribution in [0.1, 0.15) is 32.8 Å². The number of aryl methyl sites for hydroxylation is 1. The highest BCUT2D eigenvalue weighted by Gasteiger charge is 1.99. The Morgan fingerprint density at radius 1 is 1.31 bits per heavy atom. The van der Waals surface area contributed by atoms with Crippen molar-refractivity contribution in [1.29, 1.82) is 0 Å². The zero-order valence-electron chi connectivity index (χ0n) is 8.40. The molecule has 0 heterocycles. The standard InChI is InChI=1S/C9H10ClF.C2H6/c1-2-3-7-4-5-8(11)6-9(7)10;1-2/h4-6H,2-3H2,1H3;1-2H3. The maximum Gasteiger partial charge on any atom is 0.124 e. The third-order valence-electron chi connectivity index (χ3n) is 1.53. The maximum absolute atomic E-state index is 12.5. The number of rotatable bonds is 2. The fourth-order valence-electron chi connectivity index (χ4n) is 0.994. The van der Waals surface area contributed by atoms with Crippen LogP contribution in [-0.2, 0) is 6.42 Å². The second-order valence-corrected chi connectivity index (χ2v) is 2.89. The topological polar surface area (TPSA) is 0 Å². The highest BCUT2D eigenvalue weighted by Crippen LogP contribution is 2.18. The van der Waals surface area contributed by atoms with Crippen LogP contribution in [0.2, 0.25) is 5.02 Å². The third-order valence-corrected chi connectivity index (χ3v) is 1.89. The first-order valence-corrected chi connectivity index (χ1v) is 5.05. The summed E-state index contributed by atoms with van der Waals surface area (Å²) in [5.41, 5.74) is 1.02. The monoisotopic (exact) mass is 202 g/mol. The summed E-state index contributed by atoms with van der Waals surface area (Å²) in [6.45, 7) is 6.07. The van der Waals surface area contributed by atoms with Gasteiger partial charge in [0.15, 0.2) is 0 Å². The molecule has 0 aliphatic heterocycles. The fourth-order valence-corrected chi connectivity index (χ4v) is 1.26. The average molecular weight is 203 g/mol. The van der Waals surface area contributed by atoms with Crippen LogP contribution in [0.4, 0.5) is 4.39 Å². The van der Waals surface area contributed by atoms with Crippen LogP contribution in [-0.4, -0.2) is 0 Å². The largest absolute Gasteiger partial charge is 0.207 e. The molecule has 0 bridgehead atoms. The Bertz CT molecular complexity index is 246. The minimum absolute atomic E-state index is 0.269. The Morgan fingerprint density at radius 2 is 1.92 bits per heavy atom. The quantitative estimate of drug-likeness (QED) is 0.665. The van der Waals surface area contributed by atoms with Crippen molar-refractivity contribution in [2.24, 2.45) is 0 Å². The van der Waals surface area contributed by atoms with Gasteiger partial charge in [0.1, 0.15) is 5.82 Å². The van der Waals surface area contributed by atoms with E-state index in [1.807, 2.05) is 13.8 Å². The van der Waals surface area contributed by atoms with E-state index in [-0.39, 0.29) is 5.82 Å². The molecule has 0 atom stereocenters. The van der Waals surface area contributed by atoms with Crippen molar-refractivity contribution in [3.8, 4) is 0 Å². The van der Waals surface area contributed by atoms with Gasteiger partial charge < -0.3 is 0 Å². The van der Waals surface area contributed by atoms with Crippen molar-refractivity contribution < 1.29 is 4.39 Å². The average Bonchev–Trinajstić information content (AvgIpc) is 2.14. The van der Waals surface area contributed by atoms with Crippen molar-refractivity contribution in [3.05, 3.63) is 34.6 Å². The molecule has 0 fully saturated rings. The maximum atomic E-state index is 12.5. The van der Waals surface area contributed by atoms with E-state index < -0.39 is 0 Å². The van der Waals surface area contributed by atoms with E-state index in [9.17, 15) is 4.39 Å². The lowest BCUT2D eigenvalue weighted by Gasteiger charge is -2.00. The number of hydrogen-bond donors (Lipinski definition) is 0. The second kappa shape index (κ2) is 6.90. The summed E-state index contributed by atoms with van der Waals surface area (Å²) in [6, 6.07) is 4.53. The third kappa shape index (κ3) is 4.28. The zero-order valence-corrected chi connectivity index (χ0v) is 9.16.